The first-order valence-corrected chi connectivity index (χ1v) is 5.98. The van der Waals surface area contributed by atoms with Gasteiger partial charge in [-0.05, 0) is 6.07 Å². The topological polar surface area (TPSA) is 86.3 Å². The number of imide groups is 1. The molecule has 100 valence electrons. The predicted molar refractivity (Wildman–Crippen MR) is 72.6 cm³/mol. The predicted octanol–water partition coefficient (Wildman–Crippen LogP) is 1.73. The molecular formula is C14H11N3O3. The van der Waals surface area contributed by atoms with E-state index in [1.165, 1.54) is 19.4 Å². The molecule has 1 aromatic heterocycles. The summed E-state index contributed by atoms with van der Waals surface area (Å²) in [6, 6.07) is 6.83. The van der Waals surface area contributed by atoms with Crippen LogP contribution >= 0.6 is 0 Å². The zero-order valence-electron chi connectivity index (χ0n) is 10.6. The van der Waals surface area contributed by atoms with E-state index in [2.05, 4.69) is 9.97 Å². The van der Waals surface area contributed by atoms with E-state index in [0.29, 0.717) is 11.3 Å². The summed E-state index contributed by atoms with van der Waals surface area (Å²) in [5.74, 6) is -1.18. The highest BCUT2D eigenvalue weighted by atomic mass is 16.3. The van der Waals surface area contributed by atoms with Gasteiger partial charge in [0.15, 0.2) is 5.76 Å². The number of imidazole rings is 1. The second-order valence-electron chi connectivity index (χ2n) is 4.35. The van der Waals surface area contributed by atoms with Gasteiger partial charge in [-0.25, -0.2) is 9.88 Å². The van der Waals surface area contributed by atoms with Gasteiger partial charge in [-0.1, -0.05) is 18.2 Å². The van der Waals surface area contributed by atoms with Crippen molar-refractivity contribution in [2.45, 2.75) is 6.92 Å². The Morgan fingerprint density at radius 2 is 2.10 bits per heavy atom. The summed E-state index contributed by atoms with van der Waals surface area (Å²) in [6.07, 6.45) is 2.88. The molecule has 0 atom stereocenters. The number of fused-ring (bicyclic) bond motifs is 1. The van der Waals surface area contributed by atoms with Crippen molar-refractivity contribution < 1.29 is 14.7 Å². The number of carbonyl (C=O) groups is 2. The summed E-state index contributed by atoms with van der Waals surface area (Å²) in [4.78, 5) is 31.7. The number of nitrogens with zero attached hydrogens (tertiary/aromatic N) is 2. The van der Waals surface area contributed by atoms with Gasteiger partial charge in [0, 0.05) is 18.7 Å². The maximum absolute atomic E-state index is 12.4. The van der Waals surface area contributed by atoms with Gasteiger partial charge in [-0.3, -0.25) is 9.59 Å². The number of anilines is 1. The number of aliphatic hydroxyl groups excluding tert-OH is 1. The molecule has 0 aliphatic carbocycles. The molecule has 1 aliphatic rings. The molecule has 0 saturated carbocycles. The lowest BCUT2D eigenvalue weighted by Crippen LogP contribution is -2.31. The van der Waals surface area contributed by atoms with Gasteiger partial charge in [0.05, 0.1) is 17.6 Å². The van der Waals surface area contributed by atoms with Crippen LogP contribution in [0, 0.1) is 0 Å². The minimum atomic E-state index is -0.542. The minimum absolute atomic E-state index is 0.0860. The Morgan fingerprint density at radius 1 is 1.35 bits per heavy atom. The van der Waals surface area contributed by atoms with Gasteiger partial charge in [0.25, 0.3) is 5.91 Å². The van der Waals surface area contributed by atoms with E-state index in [0.717, 1.165) is 4.90 Å². The third kappa shape index (κ3) is 1.62. The molecule has 20 heavy (non-hydrogen) atoms. The Labute approximate surface area is 114 Å². The van der Waals surface area contributed by atoms with Crippen molar-refractivity contribution in [2.24, 2.45) is 0 Å². The summed E-state index contributed by atoms with van der Waals surface area (Å²) in [5, 5.41) is 10.3. The molecule has 0 unspecified atom stereocenters. The monoisotopic (exact) mass is 269 g/mol. The standard InChI is InChI=1S/C14H11N3O3/c1-8(18)17-11-5-3-2-4-9(11)12(14(17)20)13(19)10-6-15-7-16-10/h2-7,19H,1H3,(H,15,16). The van der Waals surface area contributed by atoms with Crippen LogP contribution in [0.3, 0.4) is 0 Å². The fourth-order valence-electron chi connectivity index (χ4n) is 2.28. The number of benzene rings is 1. The maximum Gasteiger partial charge on any atom is 0.269 e. The summed E-state index contributed by atoms with van der Waals surface area (Å²) in [7, 11) is 0. The van der Waals surface area contributed by atoms with Crippen LogP contribution in [0.15, 0.2) is 36.8 Å². The Balaban J connectivity index is 2.26. The third-order valence-corrected chi connectivity index (χ3v) is 3.12. The number of aromatic nitrogens is 2. The van der Waals surface area contributed by atoms with Crippen LogP contribution in [-0.4, -0.2) is 26.9 Å². The molecule has 0 saturated heterocycles. The SMILES string of the molecule is CC(=O)N1C(=O)C(=C(O)c2c[nH]cn2)c2ccccc21. The van der Waals surface area contributed by atoms with Gasteiger partial charge >= 0.3 is 0 Å². The number of H-pyrrole nitrogens is 1. The molecular weight excluding hydrogens is 258 g/mol. The van der Waals surface area contributed by atoms with E-state index in [9.17, 15) is 14.7 Å². The van der Waals surface area contributed by atoms with Gasteiger partial charge in [0.2, 0.25) is 5.91 Å². The van der Waals surface area contributed by atoms with E-state index in [4.69, 9.17) is 0 Å². The van der Waals surface area contributed by atoms with E-state index >= 15 is 0 Å². The van der Waals surface area contributed by atoms with Crippen LogP contribution in [0.1, 0.15) is 18.2 Å². The van der Waals surface area contributed by atoms with E-state index < -0.39 is 11.8 Å². The van der Waals surface area contributed by atoms with Crippen molar-refractivity contribution in [1.82, 2.24) is 9.97 Å². The zero-order chi connectivity index (χ0) is 14.3. The number of nitrogens with one attached hydrogen (secondary N) is 1. The molecule has 6 nitrogen and oxygen atoms in total. The lowest BCUT2D eigenvalue weighted by Gasteiger charge is -2.11. The van der Waals surface area contributed by atoms with E-state index in [1.54, 1.807) is 24.3 Å². The fourth-order valence-corrected chi connectivity index (χ4v) is 2.28. The zero-order valence-corrected chi connectivity index (χ0v) is 10.6. The number of amides is 2. The molecule has 2 heterocycles. The average Bonchev–Trinajstić information content (AvgIpc) is 3.02. The van der Waals surface area contributed by atoms with Crippen molar-refractivity contribution in [1.29, 1.82) is 0 Å². The Morgan fingerprint density at radius 3 is 2.75 bits per heavy atom. The van der Waals surface area contributed by atoms with E-state index in [1.807, 2.05) is 0 Å². The first-order chi connectivity index (χ1) is 9.61. The van der Waals surface area contributed by atoms with Gasteiger partial charge < -0.3 is 10.1 Å². The van der Waals surface area contributed by atoms with Crippen molar-refractivity contribution in [3.63, 3.8) is 0 Å². The second kappa shape index (κ2) is 4.34. The lowest BCUT2D eigenvalue weighted by atomic mass is 10.1. The van der Waals surface area contributed by atoms with Gasteiger partial charge in [0.1, 0.15) is 5.69 Å². The van der Waals surface area contributed by atoms with Crippen molar-refractivity contribution >= 4 is 28.8 Å². The van der Waals surface area contributed by atoms with Crippen LogP contribution in [0.2, 0.25) is 0 Å². The highest BCUT2D eigenvalue weighted by molar-refractivity contribution is 6.42. The molecule has 1 aliphatic heterocycles. The van der Waals surface area contributed by atoms with Crippen LogP contribution < -0.4 is 4.90 Å². The number of hydrogen-bond acceptors (Lipinski definition) is 4. The summed E-state index contributed by atoms with van der Waals surface area (Å²) < 4.78 is 0. The van der Waals surface area contributed by atoms with Crippen LogP contribution in [-0.2, 0) is 9.59 Å². The smallest absolute Gasteiger partial charge is 0.269 e. The molecule has 0 spiro atoms. The molecule has 0 fully saturated rings. The highest BCUT2D eigenvalue weighted by Gasteiger charge is 2.37. The number of aromatic amines is 1. The first kappa shape index (κ1) is 12.2. The number of carbonyl (C=O) groups excluding carboxylic acids is 2. The first-order valence-electron chi connectivity index (χ1n) is 5.98. The number of rotatable bonds is 1. The molecule has 0 radical (unpaired) electrons. The fraction of sp³-hybridized carbons (Fsp3) is 0.0714. The third-order valence-electron chi connectivity index (χ3n) is 3.12. The number of aliphatic hydroxyl groups is 1. The largest absolute Gasteiger partial charge is 0.505 e. The van der Waals surface area contributed by atoms with Gasteiger partial charge in [-0.2, -0.15) is 0 Å². The van der Waals surface area contributed by atoms with Crippen LogP contribution in [0.5, 0.6) is 0 Å². The minimum Gasteiger partial charge on any atom is -0.505 e. The quantitative estimate of drug-likeness (QED) is 0.609. The van der Waals surface area contributed by atoms with E-state index in [-0.39, 0.29) is 17.0 Å². The Bertz CT molecular complexity index is 732. The van der Waals surface area contributed by atoms with Crippen LogP contribution in [0.4, 0.5) is 5.69 Å². The number of para-hydroxylation sites is 1. The van der Waals surface area contributed by atoms with Gasteiger partial charge in [-0.15, -0.1) is 0 Å². The van der Waals surface area contributed by atoms with Crippen molar-refractivity contribution in [2.75, 3.05) is 4.90 Å². The molecule has 1 aromatic carbocycles. The second-order valence-corrected chi connectivity index (χ2v) is 4.35. The van der Waals surface area contributed by atoms with Crippen molar-refractivity contribution in [3.05, 3.63) is 48.0 Å². The van der Waals surface area contributed by atoms with Crippen LogP contribution in [0.25, 0.3) is 11.3 Å². The summed E-state index contributed by atoms with van der Waals surface area (Å²) in [5.41, 5.74) is 1.34. The Kier molecular flexibility index (Phi) is 2.64. The summed E-state index contributed by atoms with van der Waals surface area (Å²) >= 11 is 0. The average molecular weight is 269 g/mol. The van der Waals surface area contributed by atoms with Crippen molar-refractivity contribution in [3.8, 4) is 0 Å². The molecule has 2 amide bonds. The molecule has 0 bridgehead atoms. The summed E-state index contributed by atoms with van der Waals surface area (Å²) in [6.45, 7) is 1.31. The molecule has 2 N–H and O–H groups in total. The molecule has 2 aromatic rings. The molecule has 3 rings (SSSR count). The normalized spacial score (nSPS) is 16.2. The lowest BCUT2D eigenvalue weighted by molar-refractivity contribution is -0.122. The maximum atomic E-state index is 12.4. The Hall–Kier alpha value is -2.89. The number of hydrogen-bond donors (Lipinski definition) is 2. The highest BCUT2D eigenvalue weighted by Crippen LogP contribution is 2.39. The molecule has 6 heteroatoms.